The first kappa shape index (κ1) is 21.4. The fourth-order valence-corrected chi connectivity index (χ4v) is 3.03. The number of amides is 2. The molecule has 0 saturated heterocycles. The number of carbonyl (C=O) groups is 2. The second-order valence-electron chi connectivity index (χ2n) is 7.69. The number of hydrogen-bond donors (Lipinski definition) is 1. The van der Waals surface area contributed by atoms with E-state index in [0.717, 1.165) is 11.1 Å². The highest BCUT2D eigenvalue weighted by molar-refractivity contribution is 5.93. The van der Waals surface area contributed by atoms with E-state index in [0.29, 0.717) is 31.2 Å². The molecular formula is C23H27N3O4. The van der Waals surface area contributed by atoms with Gasteiger partial charge >= 0.3 is 0 Å². The minimum atomic E-state index is -0.246. The van der Waals surface area contributed by atoms with Crippen molar-refractivity contribution in [1.29, 1.82) is 0 Å². The second-order valence-corrected chi connectivity index (χ2v) is 7.69. The lowest BCUT2D eigenvalue weighted by atomic mass is 10.1. The van der Waals surface area contributed by atoms with Gasteiger partial charge < -0.3 is 19.2 Å². The minimum Gasteiger partial charge on any atom is -0.467 e. The standard InChI is InChI=1S/C23H27N3O4/c1-16(2)15-26(11-10-22(27)24-14-19-5-4-12-29-19)23(28)20-13-21(30-25-20)18-8-6-17(3)7-9-18/h4-9,12-13,16H,10-11,14-15H2,1-3H3,(H,24,27). The van der Waals surface area contributed by atoms with Crippen LogP contribution in [0.25, 0.3) is 11.3 Å². The van der Waals surface area contributed by atoms with Crippen molar-refractivity contribution >= 4 is 11.8 Å². The number of aryl methyl sites for hydroxylation is 1. The van der Waals surface area contributed by atoms with Crippen molar-refractivity contribution < 1.29 is 18.5 Å². The molecule has 1 aromatic carbocycles. The molecule has 0 aliphatic rings. The Labute approximate surface area is 176 Å². The van der Waals surface area contributed by atoms with Crippen molar-refractivity contribution in [2.45, 2.75) is 33.7 Å². The number of carbonyl (C=O) groups excluding carboxylic acids is 2. The van der Waals surface area contributed by atoms with Gasteiger partial charge in [0.05, 0.1) is 12.8 Å². The molecule has 7 heteroatoms. The molecule has 2 aromatic heterocycles. The van der Waals surface area contributed by atoms with E-state index in [-0.39, 0.29) is 29.8 Å². The normalized spacial score (nSPS) is 10.9. The van der Waals surface area contributed by atoms with E-state index >= 15 is 0 Å². The summed E-state index contributed by atoms with van der Waals surface area (Å²) in [6, 6.07) is 13.0. The molecule has 0 aliphatic carbocycles. The summed E-state index contributed by atoms with van der Waals surface area (Å²) < 4.78 is 10.6. The molecule has 2 amide bonds. The summed E-state index contributed by atoms with van der Waals surface area (Å²) >= 11 is 0. The van der Waals surface area contributed by atoms with Gasteiger partial charge in [-0.25, -0.2) is 0 Å². The largest absolute Gasteiger partial charge is 0.467 e. The van der Waals surface area contributed by atoms with Crippen molar-refractivity contribution in [1.82, 2.24) is 15.4 Å². The van der Waals surface area contributed by atoms with E-state index in [1.54, 1.807) is 29.4 Å². The summed E-state index contributed by atoms with van der Waals surface area (Å²) in [5, 5.41) is 6.76. The van der Waals surface area contributed by atoms with Gasteiger partial charge in [0, 0.05) is 31.1 Å². The Morgan fingerprint density at radius 3 is 2.60 bits per heavy atom. The van der Waals surface area contributed by atoms with Gasteiger partial charge in [-0.05, 0) is 25.0 Å². The Kier molecular flexibility index (Phi) is 7.06. The molecular weight excluding hydrogens is 382 g/mol. The predicted molar refractivity (Wildman–Crippen MR) is 113 cm³/mol. The molecule has 0 unspecified atom stereocenters. The monoisotopic (exact) mass is 409 g/mol. The van der Waals surface area contributed by atoms with Crippen molar-refractivity contribution in [3.63, 3.8) is 0 Å². The molecule has 0 fully saturated rings. The fraction of sp³-hybridized carbons (Fsp3) is 0.348. The lowest BCUT2D eigenvalue weighted by Gasteiger charge is -2.23. The minimum absolute atomic E-state index is 0.145. The number of nitrogens with one attached hydrogen (secondary N) is 1. The molecule has 30 heavy (non-hydrogen) atoms. The molecule has 0 saturated carbocycles. The number of rotatable bonds is 9. The Bertz CT molecular complexity index is 959. The molecule has 3 rings (SSSR count). The van der Waals surface area contributed by atoms with E-state index in [9.17, 15) is 9.59 Å². The quantitative estimate of drug-likeness (QED) is 0.576. The van der Waals surface area contributed by atoms with Crippen LogP contribution in [0.3, 0.4) is 0 Å². The van der Waals surface area contributed by atoms with E-state index in [1.165, 1.54) is 0 Å². The summed E-state index contributed by atoms with van der Waals surface area (Å²) in [5.74, 6) is 1.09. The fourth-order valence-electron chi connectivity index (χ4n) is 3.03. The maximum absolute atomic E-state index is 13.0. The van der Waals surface area contributed by atoms with Crippen LogP contribution in [0, 0.1) is 12.8 Å². The first-order valence-corrected chi connectivity index (χ1v) is 10.0. The Hall–Kier alpha value is -3.35. The number of benzene rings is 1. The molecule has 2 heterocycles. The molecule has 0 aliphatic heterocycles. The molecule has 7 nitrogen and oxygen atoms in total. The van der Waals surface area contributed by atoms with Gasteiger partial charge in [-0.1, -0.05) is 48.8 Å². The topological polar surface area (TPSA) is 88.6 Å². The van der Waals surface area contributed by atoms with Crippen molar-refractivity contribution in [2.24, 2.45) is 5.92 Å². The van der Waals surface area contributed by atoms with Crippen LogP contribution in [0.5, 0.6) is 0 Å². The van der Waals surface area contributed by atoms with Crippen molar-refractivity contribution in [2.75, 3.05) is 13.1 Å². The third-order valence-electron chi connectivity index (χ3n) is 4.59. The zero-order valence-electron chi connectivity index (χ0n) is 17.6. The number of furan rings is 1. The lowest BCUT2D eigenvalue weighted by Crippen LogP contribution is -2.37. The molecule has 158 valence electrons. The summed E-state index contributed by atoms with van der Waals surface area (Å²) in [5.41, 5.74) is 2.24. The Balaban J connectivity index is 1.62. The summed E-state index contributed by atoms with van der Waals surface area (Å²) in [6.07, 6.45) is 1.76. The van der Waals surface area contributed by atoms with Crippen LogP contribution >= 0.6 is 0 Å². The van der Waals surface area contributed by atoms with Gasteiger partial charge in [-0.3, -0.25) is 9.59 Å². The molecule has 1 N–H and O–H groups in total. The molecule has 0 bridgehead atoms. The Morgan fingerprint density at radius 2 is 1.93 bits per heavy atom. The average Bonchev–Trinajstić information content (AvgIpc) is 3.41. The van der Waals surface area contributed by atoms with Gasteiger partial charge in [0.1, 0.15) is 5.76 Å². The highest BCUT2D eigenvalue weighted by Gasteiger charge is 2.22. The van der Waals surface area contributed by atoms with E-state index < -0.39 is 0 Å². The first-order valence-electron chi connectivity index (χ1n) is 10.0. The highest BCUT2D eigenvalue weighted by atomic mass is 16.5. The maximum atomic E-state index is 13.0. The van der Waals surface area contributed by atoms with Crippen molar-refractivity contribution in [3.05, 3.63) is 65.7 Å². The smallest absolute Gasteiger partial charge is 0.276 e. The van der Waals surface area contributed by atoms with Crippen LogP contribution in [0.1, 0.15) is 42.1 Å². The predicted octanol–water partition coefficient (Wildman–Crippen LogP) is 4.05. The van der Waals surface area contributed by atoms with Crippen LogP contribution in [0.2, 0.25) is 0 Å². The summed E-state index contributed by atoms with van der Waals surface area (Å²) in [7, 11) is 0. The van der Waals surface area contributed by atoms with Gasteiger partial charge in [-0.15, -0.1) is 0 Å². The third-order valence-corrected chi connectivity index (χ3v) is 4.59. The van der Waals surface area contributed by atoms with Crippen LogP contribution in [-0.4, -0.2) is 35.0 Å². The van der Waals surface area contributed by atoms with Gasteiger partial charge in [0.15, 0.2) is 11.5 Å². The number of aromatic nitrogens is 1. The van der Waals surface area contributed by atoms with Crippen LogP contribution < -0.4 is 5.32 Å². The summed E-state index contributed by atoms with van der Waals surface area (Å²) in [6.45, 7) is 7.21. The van der Waals surface area contributed by atoms with Crippen molar-refractivity contribution in [3.8, 4) is 11.3 Å². The van der Waals surface area contributed by atoms with Gasteiger partial charge in [0.25, 0.3) is 5.91 Å². The molecule has 3 aromatic rings. The zero-order valence-corrected chi connectivity index (χ0v) is 17.6. The highest BCUT2D eigenvalue weighted by Crippen LogP contribution is 2.21. The van der Waals surface area contributed by atoms with E-state index in [1.807, 2.05) is 45.0 Å². The molecule has 0 atom stereocenters. The number of hydrogen-bond acceptors (Lipinski definition) is 5. The Morgan fingerprint density at radius 1 is 1.17 bits per heavy atom. The van der Waals surface area contributed by atoms with Gasteiger partial charge in [-0.2, -0.15) is 0 Å². The summed E-state index contributed by atoms with van der Waals surface area (Å²) in [4.78, 5) is 26.8. The van der Waals surface area contributed by atoms with E-state index in [4.69, 9.17) is 8.94 Å². The van der Waals surface area contributed by atoms with Crippen LogP contribution in [0.15, 0.2) is 57.7 Å². The number of nitrogens with zero attached hydrogens (tertiary/aromatic N) is 2. The lowest BCUT2D eigenvalue weighted by molar-refractivity contribution is -0.121. The third kappa shape index (κ3) is 5.83. The van der Waals surface area contributed by atoms with Crippen LogP contribution in [-0.2, 0) is 11.3 Å². The molecule has 0 radical (unpaired) electrons. The first-order chi connectivity index (χ1) is 14.4. The van der Waals surface area contributed by atoms with Gasteiger partial charge in [0.2, 0.25) is 5.91 Å². The SMILES string of the molecule is Cc1ccc(-c2cc(C(=O)N(CCC(=O)NCc3ccco3)CC(C)C)no2)cc1. The second kappa shape index (κ2) is 9.91. The maximum Gasteiger partial charge on any atom is 0.276 e. The zero-order chi connectivity index (χ0) is 21.5. The average molecular weight is 409 g/mol. The molecule has 0 spiro atoms. The van der Waals surface area contributed by atoms with E-state index in [2.05, 4.69) is 10.5 Å². The van der Waals surface area contributed by atoms with Crippen LogP contribution in [0.4, 0.5) is 0 Å².